The van der Waals surface area contributed by atoms with Gasteiger partial charge in [-0.2, -0.15) is 0 Å². The van der Waals surface area contributed by atoms with Crippen LogP contribution in [-0.4, -0.2) is 30.1 Å². The van der Waals surface area contributed by atoms with E-state index < -0.39 is 8.80 Å². The van der Waals surface area contributed by atoms with Crippen LogP contribution >= 0.6 is 0 Å². The summed E-state index contributed by atoms with van der Waals surface area (Å²) in [7, 11) is 2.06. The van der Waals surface area contributed by atoms with E-state index in [0.29, 0.717) is 0 Å². The highest BCUT2D eigenvalue weighted by atomic mass is 28.4. The molecule has 0 aliphatic rings. The van der Waals surface area contributed by atoms with Gasteiger partial charge in [-0.05, 0) is 5.56 Å². The molecule has 0 heterocycles. The minimum absolute atomic E-state index is 0.938. The van der Waals surface area contributed by atoms with Gasteiger partial charge in [0.1, 0.15) is 0 Å². The fourth-order valence-electron chi connectivity index (χ4n) is 1.53. The Bertz CT molecular complexity index is 326. The van der Waals surface area contributed by atoms with Crippen molar-refractivity contribution in [3.8, 4) is 0 Å². The maximum absolute atomic E-state index is 5.41. The second-order valence-corrected chi connectivity index (χ2v) is 5.84. The second-order valence-electron chi connectivity index (χ2n) is 2.96. The van der Waals surface area contributed by atoms with E-state index in [4.69, 9.17) is 13.3 Å². The summed E-state index contributed by atoms with van der Waals surface area (Å²) in [5, 5.41) is 0.938. The molecule has 0 fully saturated rings. The number of rotatable bonds is 5. The fraction of sp³-hybridized carbons (Fsp3) is 0.273. The van der Waals surface area contributed by atoms with E-state index in [1.54, 1.807) is 27.4 Å². The summed E-state index contributed by atoms with van der Waals surface area (Å²) >= 11 is 0. The van der Waals surface area contributed by atoms with E-state index in [1.807, 2.05) is 24.3 Å². The zero-order valence-corrected chi connectivity index (χ0v) is 10.3. The van der Waals surface area contributed by atoms with Crippen LogP contribution in [0.15, 0.2) is 30.8 Å². The van der Waals surface area contributed by atoms with E-state index in [0.717, 1.165) is 10.8 Å². The quantitative estimate of drug-likeness (QED) is 0.708. The summed E-state index contributed by atoms with van der Waals surface area (Å²) in [6, 6.07) is 7.78. The summed E-state index contributed by atoms with van der Waals surface area (Å²) < 4.78 is 16.2. The summed E-state index contributed by atoms with van der Waals surface area (Å²) in [5.41, 5.74) is 0.981. The molecule has 0 saturated carbocycles. The van der Waals surface area contributed by atoms with Crippen LogP contribution in [0.25, 0.3) is 6.08 Å². The minimum Gasteiger partial charge on any atom is -0.373 e. The normalized spacial score (nSPS) is 11.4. The number of hydrogen-bond acceptors (Lipinski definition) is 3. The van der Waals surface area contributed by atoms with E-state index in [2.05, 4.69) is 6.58 Å². The Balaban J connectivity index is 3.27. The molecule has 0 aliphatic carbocycles. The van der Waals surface area contributed by atoms with E-state index >= 15 is 0 Å². The third kappa shape index (κ3) is 2.18. The van der Waals surface area contributed by atoms with Gasteiger partial charge in [-0.15, -0.1) is 0 Å². The van der Waals surface area contributed by atoms with Crippen molar-refractivity contribution in [3.63, 3.8) is 0 Å². The third-order valence-electron chi connectivity index (χ3n) is 2.32. The van der Waals surface area contributed by atoms with Crippen molar-refractivity contribution in [2.75, 3.05) is 21.3 Å². The third-order valence-corrected chi connectivity index (χ3v) is 5.04. The van der Waals surface area contributed by atoms with Crippen LogP contribution in [-0.2, 0) is 13.3 Å². The van der Waals surface area contributed by atoms with Gasteiger partial charge in [0.2, 0.25) is 0 Å². The van der Waals surface area contributed by atoms with Gasteiger partial charge >= 0.3 is 8.80 Å². The largest absolute Gasteiger partial charge is 0.537 e. The van der Waals surface area contributed by atoms with Crippen molar-refractivity contribution in [3.05, 3.63) is 36.4 Å². The van der Waals surface area contributed by atoms with Crippen molar-refractivity contribution < 1.29 is 13.3 Å². The molecule has 0 atom stereocenters. The molecule has 1 aromatic carbocycles. The van der Waals surface area contributed by atoms with Crippen LogP contribution in [0.5, 0.6) is 0 Å². The molecule has 0 N–H and O–H groups in total. The van der Waals surface area contributed by atoms with Gasteiger partial charge in [0.15, 0.2) is 0 Å². The van der Waals surface area contributed by atoms with Crippen molar-refractivity contribution >= 4 is 20.1 Å². The Morgan fingerprint density at radius 2 is 1.60 bits per heavy atom. The van der Waals surface area contributed by atoms with Crippen molar-refractivity contribution in [2.24, 2.45) is 0 Å². The maximum Gasteiger partial charge on any atom is 0.537 e. The Morgan fingerprint density at radius 3 is 2.07 bits per heavy atom. The Hall–Kier alpha value is -0.943. The molecule has 0 amide bonds. The molecule has 0 bridgehead atoms. The number of benzene rings is 1. The van der Waals surface area contributed by atoms with E-state index in [9.17, 15) is 0 Å². The first-order valence-electron chi connectivity index (χ1n) is 4.61. The lowest BCUT2D eigenvalue weighted by molar-refractivity contribution is 0.140. The van der Waals surface area contributed by atoms with Crippen LogP contribution in [0.1, 0.15) is 5.56 Å². The van der Waals surface area contributed by atoms with E-state index in [-0.39, 0.29) is 0 Å². The van der Waals surface area contributed by atoms with Crippen molar-refractivity contribution in [2.45, 2.75) is 0 Å². The second kappa shape index (κ2) is 5.23. The zero-order valence-electron chi connectivity index (χ0n) is 9.32. The van der Waals surface area contributed by atoms with Crippen LogP contribution in [0.4, 0.5) is 0 Å². The maximum atomic E-state index is 5.41. The van der Waals surface area contributed by atoms with Gasteiger partial charge in [-0.25, -0.2) is 0 Å². The predicted octanol–water partition coefficient (Wildman–Crippen LogP) is 1.41. The first-order valence-corrected chi connectivity index (χ1v) is 6.34. The average molecular weight is 224 g/mol. The first kappa shape index (κ1) is 12.1. The summed E-state index contributed by atoms with van der Waals surface area (Å²) in [6.07, 6.45) is 1.77. The monoisotopic (exact) mass is 224 g/mol. The molecule has 0 spiro atoms. The first-order chi connectivity index (χ1) is 7.24. The van der Waals surface area contributed by atoms with Crippen molar-refractivity contribution in [1.82, 2.24) is 0 Å². The highest BCUT2D eigenvalue weighted by Gasteiger charge is 2.41. The SMILES string of the molecule is C=Cc1ccccc1[Si](OC)(OC)OC. The summed E-state index contributed by atoms with van der Waals surface area (Å²) in [5.74, 6) is 0. The summed E-state index contributed by atoms with van der Waals surface area (Å²) in [4.78, 5) is 0. The molecule has 4 heteroatoms. The van der Waals surface area contributed by atoms with Gasteiger partial charge in [-0.3, -0.25) is 0 Å². The molecular weight excluding hydrogens is 208 g/mol. The molecule has 0 unspecified atom stereocenters. The highest BCUT2D eigenvalue weighted by molar-refractivity contribution is 6.76. The Labute approximate surface area is 91.7 Å². The minimum atomic E-state index is -2.73. The lowest BCUT2D eigenvalue weighted by atomic mass is 10.2. The molecule has 1 rings (SSSR count). The highest BCUT2D eigenvalue weighted by Crippen LogP contribution is 2.11. The average Bonchev–Trinajstić information content (AvgIpc) is 2.33. The molecule has 0 aromatic heterocycles. The predicted molar refractivity (Wildman–Crippen MR) is 62.9 cm³/mol. The van der Waals surface area contributed by atoms with E-state index in [1.165, 1.54) is 0 Å². The lowest BCUT2D eigenvalue weighted by Crippen LogP contribution is -2.55. The molecule has 0 radical (unpaired) electrons. The summed E-state index contributed by atoms with van der Waals surface area (Å²) in [6.45, 7) is 3.76. The van der Waals surface area contributed by atoms with Crippen LogP contribution in [0.3, 0.4) is 0 Å². The topological polar surface area (TPSA) is 27.7 Å². The molecular formula is C11H16O3Si. The Kier molecular flexibility index (Phi) is 4.23. The lowest BCUT2D eigenvalue weighted by Gasteiger charge is -2.25. The Morgan fingerprint density at radius 1 is 1.07 bits per heavy atom. The van der Waals surface area contributed by atoms with Gasteiger partial charge in [0.25, 0.3) is 0 Å². The molecule has 3 nitrogen and oxygen atoms in total. The molecule has 0 saturated heterocycles. The van der Waals surface area contributed by atoms with Gasteiger partial charge in [-0.1, -0.05) is 36.9 Å². The van der Waals surface area contributed by atoms with Crippen molar-refractivity contribution in [1.29, 1.82) is 0 Å². The number of hydrogen-bond donors (Lipinski definition) is 0. The van der Waals surface area contributed by atoms with Gasteiger partial charge in [0.05, 0.1) is 0 Å². The van der Waals surface area contributed by atoms with Crippen LogP contribution in [0.2, 0.25) is 0 Å². The van der Waals surface area contributed by atoms with Gasteiger partial charge < -0.3 is 13.3 Å². The van der Waals surface area contributed by atoms with Crippen LogP contribution in [0, 0.1) is 0 Å². The fourth-order valence-corrected chi connectivity index (χ4v) is 3.53. The zero-order chi connectivity index (χ0) is 11.3. The molecule has 1 aromatic rings. The van der Waals surface area contributed by atoms with Crippen LogP contribution < -0.4 is 5.19 Å². The molecule has 0 aliphatic heterocycles. The molecule has 82 valence electrons. The smallest absolute Gasteiger partial charge is 0.373 e. The standard InChI is InChI=1S/C11H16O3Si/c1-5-10-8-6-7-9-11(10)15(12-2,13-3)14-4/h5-9H,1H2,2-4H3. The van der Waals surface area contributed by atoms with Gasteiger partial charge in [0, 0.05) is 26.5 Å². The molecule has 15 heavy (non-hydrogen) atoms.